The zero-order valence-corrected chi connectivity index (χ0v) is 13.2. The standard InChI is InChI=1S/C18H26O2/c1-5-12-18(20-16(19)17(3,4)6-2)13-11-14-9-7-8-10-15(14)18/h7-10H,5-6,11-13H2,1-4H3. The first kappa shape index (κ1) is 15.1. The molecular weight excluding hydrogens is 248 g/mol. The number of hydrogen-bond acceptors (Lipinski definition) is 2. The molecule has 110 valence electrons. The lowest BCUT2D eigenvalue weighted by molar-refractivity contribution is -0.173. The summed E-state index contributed by atoms with van der Waals surface area (Å²) in [4.78, 5) is 12.5. The molecule has 0 saturated heterocycles. The molecule has 0 heterocycles. The van der Waals surface area contributed by atoms with Crippen LogP contribution in [0.25, 0.3) is 0 Å². The molecule has 1 aromatic carbocycles. The van der Waals surface area contributed by atoms with Crippen LogP contribution in [0.1, 0.15) is 64.5 Å². The largest absolute Gasteiger partial charge is 0.454 e. The first-order chi connectivity index (χ1) is 9.45. The molecule has 0 aromatic heterocycles. The summed E-state index contributed by atoms with van der Waals surface area (Å²) >= 11 is 0. The Labute approximate surface area is 122 Å². The van der Waals surface area contributed by atoms with E-state index in [1.165, 1.54) is 11.1 Å². The highest BCUT2D eigenvalue weighted by Crippen LogP contribution is 2.44. The summed E-state index contributed by atoms with van der Waals surface area (Å²) < 4.78 is 6.08. The SMILES string of the molecule is CCCC1(OC(=O)C(C)(C)CC)CCc2ccccc21. The molecule has 0 radical (unpaired) electrons. The Morgan fingerprint density at radius 1 is 1.30 bits per heavy atom. The summed E-state index contributed by atoms with van der Waals surface area (Å²) in [6, 6.07) is 8.40. The molecule has 0 aliphatic heterocycles. The molecule has 1 aliphatic carbocycles. The van der Waals surface area contributed by atoms with Gasteiger partial charge in [-0.15, -0.1) is 0 Å². The molecule has 1 aromatic rings. The number of ether oxygens (including phenoxy) is 1. The van der Waals surface area contributed by atoms with Crippen molar-refractivity contribution in [2.24, 2.45) is 5.41 Å². The van der Waals surface area contributed by atoms with E-state index < -0.39 is 11.0 Å². The maximum Gasteiger partial charge on any atom is 0.312 e. The van der Waals surface area contributed by atoms with E-state index in [2.05, 4.69) is 25.1 Å². The highest BCUT2D eigenvalue weighted by Gasteiger charge is 2.43. The maximum absolute atomic E-state index is 12.5. The zero-order chi connectivity index (χ0) is 14.8. The van der Waals surface area contributed by atoms with Gasteiger partial charge in [-0.25, -0.2) is 0 Å². The van der Waals surface area contributed by atoms with Gasteiger partial charge in [0.15, 0.2) is 0 Å². The Morgan fingerprint density at radius 3 is 2.65 bits per heavy atom. The number of hydrogen-bond donors (Lipinski definition) is 0. The van der Waals surface area contributed by atoms with Gasteiger partial charge < -0.3 is 4.74 Å². The fraction of sp³-hybridized carbons (Fsp3) is 0.611. The van der Waals surface area contributed by atoms with Crippen LogP contribution in [0.15, 0.2) is 24.3 Å². The van der Waals surface area contributed by atoms with Gasteiger partial charge >= 0.3 is 5.97 Å². The molecule has 0 bridgehead atoms. The van der Waals surface area contributed by atoms with Crippen molar-refractivity contribution in [2.45, 2.75) is 65.4 Å². The fourth-order valence-corrected chi connectivity index (χ4v) is 2.93. The molecule has 0 amide bonds. The van der Waals surface area contributed by atoms with Crippen LogP contribution in [0.4, 0.5) is 0 Å². The van der Waals surface area contributed by atoms with Crippen molar-refractivity contribution in [1.82, 2.24) is 0 Å². The zero-order valence-electron chi connectivity index (χ0n) is 13.2. The molecule has 2 heteroatoms. The minimum Gasteiger partial charge on any atom is -0.454 e. The number of esters is 1. The Hall–Kier alpha value is -1.31. The summed E-state index contributed by atoms with van der Waals surface area (Å²) in [5.74, 6) is -0.0647. The van der Waals surface area contributed by atoms with Gasteiger partial charge in [0.1, 0.15) is 5.60 Å². The van der Waals surface area contributed by atoms with E-state index >= 15 is 0 Å². The third kappa shape index (κ3) is 2.61. The predicted octanol–water partition coefficient (Wildman–Crippen LogP) is 4.61. The minimum absolute atomic E-state index is 0.0647. The van der Waals surface area contributed by atoms with Crippen molar-refractivity contribution in [1.29, 1.82) is 0 Å². The molecule has 0 spiro atoms. The number of rotatable bonds is 5. The average molecular weight is 274 g/mol. The number of carbonyl (C=O) groups excluding carboxylic acids is 1. The Balaban J connectivity index is 2.31. The lowest BCUT2D eigenvalue weighted by Gasteiger charge is -2.34. The summed E-state index contributed by atoms with van der Waals surface area (Å²) in [5, 5.41) is 0. The van der Waals surface area contributed by atoms with Crippen molar-refractivity contribution < 1.29 is 9.53 Å². The first-order valence-electron chi connectivity index (χ1n) is 7.77. The van der Waals surface area contributed by atoms with E-state index in [9.17, 15) is 4.79 Å². The minimum atomic E-state index is -0.404. The van der Waals surface area contributed by atoms with Crippen molar-refractivity contribution in [2.75, 3.05) is 0 Å². The molecule has 20 heavy (non-hydrogen) atoms. The quantitative estimate of drug-likeness (QED) is 0.733. The third-order valence-corrected chi connectivity index (χ3v) is 4.68. The van der Waals surface area contributed by atoms with Crippen LogP contribution in [0, 0.1) is 5.41 Å². The average Bonchev–Trinajstić information content (AvgIpc) is 2.79. The van der Waals surface area contributed by atoms with Gasteiger partial charge in [-0.2, -0.15) is 0 Å². The highest BCUT2D eigenvalue weighted by atomic mass is 16.6. The van der Waals surface area contributed by atoms with Crippen molar-refractivity contribution >= 4 is 5.97 Å². The highest BCUT2D eigenvalue weighted by molar-refractivity contribution is 5.76. The van der Waals surface area contributed by atoms with Crippen LogP contribution < -0.4 is 0 Å². The van der Waals surface area contributed by atoms with Crippen LogP contribution >= 0.6 is 0 Å². The predicted molar refractivity (Wildman–Crippen MR) is 81.5 cm³/mol. The van der Waals surface area contributed by atoms with Gasteiger partial charge in [-0.05, 0) is 50.7 Å². The summed E-state index contributed by atoms with van der Waals surface area (Å²) in [5.41, 5.74) is 1.76. The van der Waals surface area contributed by atoms with Crippen LogP contribution in [0.5, 0.6) is 0 Å². The fourth-order valence-electron chi connectivity index (χ4n) is 2.93. The van der Waals surface area contributed by atoms with Crippen LogP contribution in [-0.2, 0) is 21.6 Å². The lowest BCUT2D eigenvalue weighted by atomic mass is 9.87. The summed E-state index contributed by atoms with van der Waals surface area (Å²) in [6.07, 6.45) is 4.67. The first-order valence-corrected chi connectivity index (χ1v) is 7.77. The maximum atomic E-state index is 12.5. The van der Waals surface area contributed by atoms with E-state index in [0.29, 0.717) is 0 Å². The molecule has 1 atom stereocenters. The van der Waals surface area contributed by atoms with E-state index in [1.54, 1.807) is 0 Å². The molecule has 1 aliphatic rings. The third-order valence-electron chi connectivity index (χ3n) is 4.68. The molecule has 0 N–H and O–H groups in total. The Morgan fingerprint density at radius 2 is 2.00 bits per heavy atom. The molecule has 1 unspecified atom stereocenters. The van der Waals surface area contributed by atoms with E-state index in [4.69, 9.17) is 4.74 Å². The lowest BCUT2D eigenvalue weighted by Crippen LogP contribution is -2.36. The topological polar surface area (TPSA) is 26.3 Å². The molecular formula is C18H26O2. The second-order valence-corrected chi connectivity index (χ2v) is 6.53. The monoisotopic (exact) mass is 274 g/mol. The van der Waals surface area contributed by atoms with Gasteiger partial charge in [-0.3, -0.25) is 4.79 Å². The number of carbonyl (C=O) groups is 1. The van der Waals surface area contributed by atoms with E-state index in [0.717, 1.165) is 32.1 Å². The smallest absolute Gasteiger partial charge is 0.312 e. The van der Waals surface area contributed by atoms with Crippen LogP contribution in [0.2, 0.25) is 0 Å². The Kier molecular flexibility index (Phi) is 4.22. The number of benzene rings is 1. The number of aryl methyl sites for hydroxylation is 1. The normalized spacial score (nSPS) is 21.6. The Bertz CT molecular complexity index is 486. The molecule has 2 nitrogen and oxygen atoms in total. The molecule has 2 rings (SSSR count). The van der Waals surface area contributed by atoms with Gasteiger partial charge in [-0.1, -0.05) is 44.5 Å². The van der Waals surface area contributed by atoms with Gasteiger partial charge in [0.25, 0.3) is 0 Å². The second kappa shape index (κ2) is 5.59. The van der Waals surface area contributed by atoms with E-state index in [1.807, 2.05) is 26.8 Å². The van der Waals surface area contributed by atoms with Gasteiger partial charge in [0.05, 0.1) is 5.41 Å². The summed E-state index contributed by atoms with van der Waals surface area (Å²) in [6.45, 7) is 8.13. The number of fused-ring (bicyclic) bond motifs is 1. The van der Waals surface area contributed by atoms with Crippen LogP contribution in [0.3, 0.4) is 0 Å². The molecule has 0 fully saturated rings. The van der Waals surface area contributed by atoms with Crippen molar-refractivity contribution in [3.05, 3.63) is 35.4 Å². The summed E-state index contributed by atoms with van der Waals surface area (Å²) in [7, 11) is 0. The second-order valence-electron chi connectivity index (χ2n) is 6.53. The van der Waals surface area contributed by atoms with Crippen molar-refractivity contribution in [3.63, 3.8) is 0 Å². The van der Waals surface area contributed by atoms with Gasteiger partial charge in [0, 0.05) is 0 Å². The van der Waals surface area contributed by atoms with Crippen molar-refractivity contribution in [3.8, 4) is 0 Å². The molecule has 0 saturated carbocycles. The van der Waals surface area contributed by atoms with E-state index in [-0.39, 0.29) is 5.97 Å². The van der Waals surface area contributed by atoms with Crippen LogP contribution in [-0.4, -0.2) is 5.97 Å². The van der Waals surface area contributed by atoms with Gasteiger partial charge in [0.2, 0.25) is 0 Å².